The Morgan fingerprint density at radius 2 is 1.21 bits per heavy atom. The Labute approximate surface area is 279 Å². The van der Waals surface area contributed by atoms with Crippen LogP contribution in [0.4, 0.5) is 0 Å². The highest BCUT2D eigenvalue weighted by Crippen LogP contribution is 2.23. The second-order valence-corrected chi connectivity index (χ2v) is 15.0. The van der Waals surface area contributed by atoms with Crippen LogP contribution in [0.25, 0.3) is 0 Å². The maximum atomic E-state index is 13.3. The van der Waals surface area contributed by atoms with Crippen LogP contribution in [0.3, 0.4) is 0 Å². The standard InChI is InChI=1S/C30H52N2O13S2/c1-8-26(33)42-20-30(21-43-27(34)9-2,22-44-28(35)15-17-46(37,38)24-32(12-5)13-6)23-45-29(36)25(19-41-14-7)47(39,40)18-16-31(10-3)11-4/h8-9,25H,1-2,10-24H2,3-7H3. The van der Waals surface area contributed by atoms with E-state index in [2.05, 4.69) is 13.2 Å². The van der Waals surface area contributed by atoms with E-state index in [1.807, 2.05) is 18.7 Å². The van der Waals surface area contributed by atoms with Crippen molar-refractivity contribution in [3.05, 3.63) is 25.3 Å². The number of carbonyl (C=O) groups excluding carboxylic acids is 4. The smallest absolute Gasteiger partial charge is 0.330 e. The zero-order chi connectivity index (χ0) is 36.1. The molecule has 15 nitrogen and oxygen atoms in total. The lowest BCUT2D eigenvalue weighted by molar-refractivity contribution is -0.167. The molecule has 1 unspecified atom stereocenters. The Hall–Kier alpha value is -2.86. The van der Waals surface area contributed by atoms with Crippen LogP contribution in [-0.2, 0) is 62.5 Å². The molecule has 0 saturated carbocycles. The molecule has 0 aliphatic heterocycles. The summed E-state index contributed by atoms with van der Waals surface area (Å²) in [6, 6.07) is 0. The summed E-state index contributed by atoms with van der Waals surface area (Å²) in [4.78, 5) is 53.4. The van der Waals surface area contributed by atoms with E-state index in [-0.39, 0.29) is 24.8 Å². The summed E-state index contributed by atoms with van der Waals surface area (Å²) in [5, 5.41) is -1.71. The molecule has 0 rings (SSSR count). The Balaban J connectivity index is 6.15. The molecule has 17 heteroatoms. The van der Waals surface area contributed by atoms with E-state index in [1.165, 1.54) is 0 Å². The molecule has 0 saturated heterocycles. The number of rotatable bonds is 27. The van der Waals surface area contributed by atoms with Crippen LogP contribution >= 0.6 is 0 Å². The van der Waals surface area contributed by atoms with Gasteiger partial charge in [-0.3, -0.25) is 14.5 Å². The highest BCUT2D eigenvalue weighted by Gasteiger charge is 2.41. The van der Waals surface area contributed by atoms with Gasteiger partial charge >= 0.3 is 23.9 Å². The summed E-state index contributed by atoms with van der Waals surface area (Å²) in [6.07, 6.45) is 1.18. The molecule has 0 radical (unpaired) electrons. The number of nitrogens with zero attached hydrogens (tertiary/aromatic N) is 2. The zero-order valence-electron chi connectivity index (χ0n) is 28.3. The molecule has 272 valence electrons. The molecule has 47 heavy (non-hydrogen) atoms. The summed E-state index contributed by atoms with van der Waals surface area (Å²) in [6.45, 7) is 14.9. The monoisotopic (exact) mass is 712 g/mol. The van der Waals surface area contributed by atoms with Crippen LogP contribution in [0.15, 0.2) is 25.3 Å². The second-order valence-electron chi connectivity index (χ2n) is 10.6. The van der Waals surface area contributed by atoms with Gasteiger partial charge in [-0.05, 0) is 33.1 Å². The van der Waals surface area contributed by atoms with Gasteiger partial charge in [0.1, 0.15) is 37.7 Å². The van der Waals surface area contributed by atoms with E-state index < -0.39 is 99.4 Å². The first-order valence-corrected chi connectivity index (χ1v) is 19.0. The Morgan fingerprint density at radius 3 is 1.68 bits per heavy atom. The maximum Gasteiger partial charge on any atom is 0.330 e. The van der Waals surface area contributed by atoms with Gasteiger partial charge in [0.05, 0.1) is 24.5 Å². The van der Waals surface area contributed by atoms with Gasteiger partial charge in [0.25, 0.3) is 0 Å². The lowest BCUT2D eigenvalue weighted by atomic mass is 9.92. The van der Waals surface area contributed by atoms with Crippen LogP contribution < -0.4 is 0 Å². The molecule has 1 atom stereocenters. The highest BCUT2D eigenvalue weighted by molar-refractivity contribution is 7.92. The lowest BCUT2D eigenvalue weighted by Crippen LogP contribution is -2.46. The zero-order valence-corrected chi connectivity index (χ0v) is 29.9. The van der Waals surface area contributed by atoms with Crippen molar-refractivity contribution in [2.24, 2.45) is 5.41 Å². The predicted molar refractivity (Wildman–Crippen MR) is 175 cm³/mol. The van der Waals surface area contributed by atoms with Crippen molar-refractivity contribution in [1.82, 2.24) is 9.80 Å². The van der Waals surface area contributed by atoms with Gasteiger partial charge in [0.2, 0.25) is 0 Å². The van der Waals surface area contributed by atoms with Crippen molar-refractivity contribution in [1.29, 1.82) is 0 Å². The number of hydrogen-bond acceptors (Lipinski definition) is 15. The van der Waals surface area contributed by atoms with Gasteiger partial charge in [-0.2, -0.15) is 0 Å². The van der Waals surface area contributed by atoms with Crippen LogP contribution in [0.1, 0.15) is 41.0 Å². The number of carbonyl (C=O) groups is 4. The SMILES string of the molecule is C=CC(=O)OCC(COC(=O)C=C)(COC(=O)CCS(=O)(=O)CN(CC)CC)COC(=O)C(COCC)S(=O)(=O)CCN(CC)CC. The average Bonchev–Trinajstić information content (AvgIpc) is 3.05. The maximum absolute atomic E-state index is 13.3. The van der Waals surface area contributed by atoms with Crippen molar-refractivity contribution in [3.8, 4) is 0 Å². The van der Waals surface area contributed by atoms with Crippen LogP contribution in [-0.4, -0.2) is 146 Å². The van der Waals surface area contributed by atoms with Crippen LogP contribution in [0, 0.1) is 5.41 Å². The van der Waals surface area contributed by atoms with E-state index in [9.17, 15) is 36.0 Å². The fourth-order valence-electron chi connectivity index (χ4n) is 3.91. The van der Waals surface area contributed by atoms with Crippen molar-refractivity contribution in [3.63, 3.8) is 0 Å². The van der Waals surface area contributed by atoms with E-state index >= 15 is 0 Å². The molecule has 0 aromatic heterocycles. The topological polar surface area (TPSA) is 189 Å². The minimum absolute atomic E-state index is 0.120. The van der Waals surface area contributed by atoms with E-state index in [0.717, 1.165) is 12.2 Å². The number of sulfone groups is 2. The van der Waals surface area contributed by atoms with Gasteiger partial charge < -0.3 is 28.6 Å². The van der Waals surface area contributed by atoms with Gasteiger partial charge in [-0.25, -0.2) is 26.4 Å². The third-order valence-corrected chi connectivity index (χ3v) is 10.6. The van der Waals surface area contributed by atoms with E-state index in [1.54, 1.807) is 25.7 Å². The molecule has 0 aromatic carbocycles. The van der Waals surface area contributed by atoms with E-state index in [0.29, 0.717) is 26.2 Å². The van der Waals surface area contributed by atoms with Gasteiger partial charge in [-0.1, -0.05) is 40.9 Å². The molecule has 0 N–H and O–H groups in total. The molecule has 0 heterocycles. The van der Waals surface area contributed by atoms with Crippen molar-refractivity contribution < 1.29 is 59.7 Å². The molecule has 0 aromatic rings. The molecular formula is C30H52N2O13S2. The Bertz CT molecular complexity index is 1200. The van der Waals surface area contributed by atoms with Crippen LogP contribution in [0.2, 0.25) is 0 Å². The average molecular weight is 713 g/mol. The minimum Gasteiger partial charge on any atom is -0.465 e. The summed E-state index contributed by atoms with van der Waals surface area (Å²) < 4.78 is 77.8. The molecular weight excluding hydrogens is 660 g/mol. The fourth-order valence-corrected chi connectivity index (χ4v) is 6.90. The second kappa shape index (κ2) is 22.7. The molecule has 0 amide bonds. The third kappa shape index (κ3) is 17.7. The van der Waals surface area contributed by atoms with Crippen LogP contribution in [0.5, 0.6) is 0 Å². The first-order chi connectivity index (χ1) is 22.1. The Morgan fingerprint density at radius 1 is 0.723 bits per heavy atom. The largest absolute Gasteiger partial charge is 0.465 e. The highest BCUT2D eigenvalue weighted by atomic mass is 32.2. The first kappa shape index (κ1) is 44.1. The summed E-state index contributed by atoms with van der Waals surface area (Å²) >= 11 is 0. The molecule has 0 bridgehead atoms. The van der Waals surface area contributed by atoms with E-state index in [4.69, 9.17) is 23.7 Å². The summed E-state index contributed by atoms with van der Waals surface area (Å²) in [7, 11) is -7.73. The van der Waals surface area contributed by atoms with Crippen molar-refractivity contribution >= 4 is 43.6 Å². The quantitative estimate of drug-likeness (QED) is 0.0660. The summed E-state index contributed by atoms with van der Waals surface area (Å²) in [5.41, 5.74) is -1.73. The first-order valence-electron chi connectivity index (χ1n) is 15.4. The normalized spacial score (nSPS) is 12.7. The predicted octanol–water partition coefficient (Wildman–Crippen LogP) is 0.784. The fraction of sp³-hybridized carbons (Fsp3) is 0.733. The third-order valence-electron chi connectivity index (χ3n) is 7.08. The lowest BCUT2D eigenvalue weighted by Gasteiger charge is -2.32. The number of esters is 4. The van der Waals surface area contributed by atoms with Gasteiger partial charge in [0, 0.05) is 25.3 Å². The van der Waals surface area contributed by atoms with Gasteiger partial charge in [0.15, 0.2) is 24.9 Å². The Kier molecular flexibility index (Phi) is 21.3. The molecule has 0 aliphatic carbocycles. The van der Waals surface area contributed by atoms with Gasteiger partial charge in [-0.15, -0.1) is 0 Å². The van der Waals surface area contributed by atoms with Crippen molar-refractivity contribution in [2.45, 2.75) is 46.3 Å². The number of ether oxygens (including phenoxy) is 5. The molecule has 0 fully saturated rings. The number of hydrogen-bond donors (Lipinski definition) is 0. The van der Waals surface area contributed by atoms with Crippen molar-refractivity contribution in [2.75, 3.05) is 89.7 Å². The summed E-state index contributed by atoms with van der Waals surface area (Å²) in [5.74, 6) is -5.04. The molecule has 0 aliphatic rings. The molecule has 0 spiro atoms. The minimum atomic E-state index is -4.08.